The summed E-state index contributed by atoms with van der Waals surface area (Å²) >= 11 is 0. The highest BCUT2D eigenvalue weighted by Crippen LogP contribution is 2.27. The van der Waals surface area contributed by atoms with Crippen molar-refractivity contribution in [1.82, 2.24) is 10.2 Å². The molecule has 0 saturated carbocycles. The number of benzene rings is 1. The van der Waals surface area contributed by atoms with Gasteiger partial charge in [0.05, 0.1) is 19.2 Å². The number of aromatic nitrogens is 2. The van der Waals surface area contributed by atoms with Crippen LogP contribution in [0.2, 0.25) is 0 Å². The van der Waals surface area contributed by atoms with Crippen molar-refractivity contribution in [2.45, 2.75) is 13.3 Å². The van der Waals surface area contributed by atoms with Crippen LogP contribution >= 0.6 is 0 Å². The number of methoxy groups -OCH3 is 1. The number of hydrogen-bond donors (Lipinski definition) is 2. The maximum absolute atomic E-state index is 10.8. The molecule has 0 spiro atoms. The molecule has 1 aromatic heterocycles. The molecule has 0 aliphatic heterocycles. The molecule has 2 N–H and O–H groups in total. The number of carboxylic acids is 1. The Morgan fingerprint density at radius 2 is 2.06 bits per heavy atom. The van der Waals surface area contributed by atoms with E-state index in [2.05, 4.69) is 10.2 Å². The van der Waals surface area contributed by atoms with Crippen LogP contribution in [0.25, 0.3) is 11.1 Å². The number of nitrogens with zero attached hydrogens (tertiary/aromatic N) is 1. The monoisotopic (exact) mass is 246 g/mol. The Balaban J connectivity index is 2.42. The predicted molar refractivity (Wildman–Crippen MR) is 66.7 cm³/mol. The third-order valence-corrected chi connectivity index (χ3v) is 2.72. The Morgan fingerprint density at radius 3 is 2.61 bits per heavy atom. The van der Waals surface area contributed by atoms with E-state index in [0.29, 0.717) is 5.69 Å². The molecule has 2 aromatic rings. The van der Waals surface area contributed by atoms with Gasteiger partial charge in [0.25, 0.3) is 0 Å². The molecule has 0 radical (unpaired) electrons. The SMILES string of the molecule is COc1ccc(-c2c(CC(=O)O)n[nH]c2C)cc1. The van der Waals surface area contributed by atoms with Crippen molar-refractivity contribution in [3.63, 3.8) is 0 Å². The summed E-state index contributed by atoms with van der Waals surface area (Å²) in [5.41, 5.74) is 3.18. The molecule has 5 heteroatoms. The number of carbonyl (C=O) groups is 1. The first kappa shape index (κ1) is 12.2. The van der Waals surface area contributed by atoms with Crippen LogP contribution in [0.4, 0.5) is 0 Å². The van der Waals surface area contributed by atoms with Gasteiger partial charge in [-0.1, -0.05) is 12.1 Å². The highest BCUT2D eigenvalue weighted by molar-refractivity contribution is 5.76. The van der Waals surface area contributed by atoms with Gasteiger partial charge in [-0.15, -0.1) is 0 Å². The van der Waals surface area contributed by atoms with Crippen LogP contribution in [-0.4, -0.2) is 28.4 Å². The molecule has 0 amide bonds. The number of carboxylic acid groups (broad SMARTS) is 1. The molecule has 0 aliphatic carbocycles. The molecule has 0 fully saturated rings. The van der Waals surface area contributed by atoms with E-state index in [0.717, 1.165) is 22.6 Å². The summed E-state index contributed by atoms with van der Waals surface area (Å²) in [5, 5.41) is 15.7. The Bertz CT molecular complexity index is 558. The third-order valence-electron chi connectivity index (χ3n) is 2.72. The lowest BCUT2D eigenvalue weighted by Crippen LogP contribution is -2.01. The second-order valence-electron chi connectivity index (χ2n) is 3.97. The van der Waals surface area contributed by atoms with Crippen molar-refractivity contribution in [2.24, 2.45) is 0 Å². The van der Waals surface area contributed by atoms with E-state index in [1.54, 1.807) is 7.11 Å². The minimum absolute atomic E-state index is 0.0916. The van der Waals surface area contributed by atoms with Crippen LogP contribution in [-0.2, 0) is 11.2 Å². The number of nitrogens with one attached hydrogen (secondary N) is 1. The number of aliphatic carboxylic acids is 1. The molecular weight excluding hydrogens is 232 g/mol. The predicted octanol–water partition coefficient (Wildman–Crippen LogP) is 2.02. The van der Waals surface area contributed by atoms with Crippen LogP contribution in [0.15, 0.2) is 24.3 Å². The molecule has 0 unspecified atom stereocenters. The molecule has 5 nitrogen and oxygen atoms in total. The van der Waals surface area contributed by atoms with Crippen LogP contribution in [0, 0.1) is 6.92 Å². The van der Waals surface area contributed by atoms with Crippen molar-refractivity contribution in [3.05, 3.63) is 35.7 Å². The highest BCUT2D eigenvalue weighted by Gasteiger charge is 2.14. The summed E-state index contributed by atoms with van der Waals surface area (Å²) in [4.78, 5) is 10.8. The molecule has 94 valence electrons. The maximum Gasteiger partial charge on any atom is 0.309 e. The topological polar surface area (TPSA) is 75.2 Å². The standard InChI is InChI=1S/C13H14N2O3/c1-8-13(11(15-14-8)7-12(16)17)9-3-5-10(18-2)6-4-9/h3-6H,7H2,1-2H3,(H,14,15)(H,16,17). The summed E-state index contributed by atoms with van der Waals surface area (Å²) in [6.07, 6.45) is -0.0916. The van der Waals surface area contributed by atoms with E-state index in [1.165, 1.54) is 0 Å². The van der Waals surface area contributed by atoms with Crippen molar-refractivity contribution in [2.75, 3.05) is 7.11 Å². The van der Waals surface area contributed by atoms with Gasteiger partial charge < -0.3 is 9.84 Å². The molecule has 0 bridgehead atoms. The Labute approximate surface area is 104 Å². The van der Waals surface area contributed by atoms with Crippen LogP contribution in [0.1, 0.15) is 11.4 Å². The van der Waals surface area contributed by atoms with Crippen LogP contribution < -0.4 is 4.74 Å². The fraction of sp³-hybridized carbons (Fsp3) is 0.231. The minimum atomic E-state index is -0.892. The minimum Gasteiger partial charge on any atom is -0.497 e. The van der Waals surface area contributed by atoms with Crippen molar-refractivity contribution >= 4 is 5.97 Å². The number of H-pyrrole nitrogens is 1. The summed E-state index contributed by atoms with van der Waals surface area (Å²) in [6.45, 7) is 1.87. The van der Waals surface area contributed by atoms with Crippen LogP contribution in [0.3, 0.4) is 0 Å². The van der Waals surface area contributed by atoms with Gasteiger partial charge in [-0.2, -0.15) is 5.10 Å². The van der Waals surface area contributed by atoms with Crippen molar-refractivity contribution < 1.29 is 14.6 Å². The van der Waals surface area contributed by atoms with Gasteiger partial charge in [-0.3, -0.25) is 9.89 Å². The third kappa shape index (κ3) is 2.34. The molecule has 0 aliphatic rings. The highest BCUT2D eigenvalue weighted by atomic mass is 16.5. The molecule has 0 saturated heterocycles. The van der Waals surface area contributed by atoms with Gasteiger partial charge in [0.15, 0.2) is 0 Å². The molecule has 0 atom stereocenters. The van der Waals surface area contributed by atoms with Gasteiger partial charge in [0.2, 0.25) is 0 Å². The second kappa shape index (κ2) is 4.91. The van der Waals surface area contributed by atoms with Gasteiger partial charge in [-0.05, 0) is 24.6 Å². The molecule has 1 heterocycles. The molecular formula is C13H14N2O3. The Kier molecular flexibility index (Phi) is 3.32. The first-order valence-electron chi connectivity index (χ1n) is 5.52. The first-order chi connectivity index (χ1) is 8.61. The smallest absolute Gasteiger partial charge is 0.309 e. The fourth-order valence-corrected chi connectivity index (χ4v) is 1.89. The Hall–Kier alpha value is -2.30. The second-order valence-corrected chi connectivity index (χ2v) is 3.97. The summed E-state index contributed by atoms with van der Waals surface area (Å²) in [5.74, 6) is -0.129. The fourth-order valence-electron chi connectivity index (χ4n) is 1.89. The van der Waals surface area contributed by atoms with Gasteiger partial charge in [0.1, 0.15) is 5.75 Å². The zero-order valence-electron chi connectivity index (χ0n) is 10.2. The van der Waals surface area contributed by atoms with Crippen LogP contribution in [0.5, 0.6) is 5.75 Å². The number of hydrogen-bond acceptors (Lipinski definition) is 3. The quantitative estimate of drug-likeness (QED) is 0.865. The average molecular weight is 246 g/mol. The van der Waals surface area contributed by atoms with Crippen molar-refractivity contribution in [3.8, 4) is 16.9 Å². The number of ether oxygens (including phenoxy) is 1. The zero-order chi connectivity index (χ0) is 13.1. The van der Waals surface area contributed by atoms with Gasteiger partial charge in [0, 0.05) is 11.3 Å². The summed E-state index contributed by atoms with van der Waals surface area (Å²) in [6, 6.07) is 7.46. The molecule has 1 aromatic carbocycles. The lowest BCUT2D eigenvalue weighted by Gasteiger charge is -2.04. The van der Waals surface area contributed by atoms with E-state index in [9.17, 15) is 4.79 Å². The summed E-state index contributed by atoms with van der Waals surface area (Å²) in [7, 11) is 1.61. The largest absolute Gasteiger partial charge is 0.497 e. The maximum atomic E-state index is 10.8. The number of aromatic amines is 1. The average Bonchev–Trinajstić information content (AvgIpc) is 2.70. The van der Waals surface area contributed by atoms with E-state index in [1.807, 2.05) is 31.2 Å². The van der Waals surface area contributed by atoms with Crippen molar-refractivity contribution in [1.29, 1.82) is 0 Å². The van der Waals surface area contributed by atoms with Gasteiger partial charge >= 0.3 is 5.97 Å². The van der Waals surface area contributed by atoms with E-state index in [4.69, 9.17) is 9.84 Å². The van der Waals surface area contributed by atoms with E-state index < -0.39 is 5.97 Å². The Morgan fingerprint density at radius 1 is 1.39 bits per heavy atom. The molecule has 2 rings (SSSR count). The normalized spacial score (nSPS) is 10.3. The summed E-state index contributed by atoms with van der Waals surface area (Å²) < 4.78 is 5.09. The lowest BCUT2D eigenvalue weighted by atomic mass is 10.0. The first-order valence-corrected chi connectivity index (χ1v) is 5.52. The number of aryl methyl sites for hydroxylation is 1. The lowest BCUT2D eigenvalue weighted by molar-refractivity contribution is -0.136. The van der Waals surface area contributed by atoms with E-state index >= 15 is 0 Å². The number of rotatable bonds is 4. The molecule has 18 heavy (non-hydrogen) atoms. The van der Waals surface area contributed by atoms with E-state index in [-0.39, 0.29) is 6.42 Å². The zero-order valence-corrected chi connectivity index (χ0v) is 10.2. The van der Waals surface area contributed by atoms with Gasteiger partial charge in [-0.25, -0.2) is 0 Å².